The summed E-state index contributed by atoms with van der Waals surface area (Å²) >= 11 is 2.97. The largest absolute Gasteiger partial charge is 0.433 e. The van der Waals surface area contributed by atoms with Crippen LogP contribution in [0.15, 0.2) is 40.9 Å². The zero-order chi connectivity index (χ0) is 15.4. The van der Waals surface area contributed by atoms with Crippen molar-refractivity contribution in [2.24, 2.45) is 0 Å². The quantitative estimate of drug-likeness (QED) is 0.855. The van der Waals surface area contributed by atoms with Crippen molar-refractivity contribution in [3.8, 4) is 11.8 Å². The molecule has 0 aliphatic carbocycles. The normalized spacial score (nSPS) is 10.3. The van der Waals surface area contributed by atoms with Crippen LogP contribution in [0.4, 0.5) is 24.5 Å². The van der Waals surface area contributed by atoms with Crippen LogP contribution in [0.5, 0.6) is 5.75 Å². The van der Waals surface area contributed by atoms with Gasteiger partial charge in [-0.15, -0.1) is 0 Å². The van der Waals surface area contributed by atoms with Gasteiger partial charge in [-0.05, 0) is 40.2 Å². The fourth-order valence-corrected chi connectivity index (χ4v) is 2.08. The van der Waals surface area contributed by atoms with E-state index in [1.807, 2.05) is 6.07 Å². The topological polar surface area (TPSA) is 45.0 Å². The van der Waals surface area contributed by atoms with Gasteiger partial charge in [-0.1, -0.05) is 12.1 Å². The highest BCUT2D eigenvalue weighted by atomic mass is 79.9. The summed E-state index contributed by atoms with van der Waals surface area (Å²) in [7, 11) is 0. The van der Waals surface area contributed by atoms with Gasteiger partial charge >= 0.3 is 6.61 Å². The lowest BCUT2D eigenvalue weighted by Crippen LogP contribution is -2.05. The third-order valence-corrected chi connectivity index (χ3v) is 3.35. The molecule has 2 aromatic carbocycles. The maximum absolute atomic E-state index is 14.1. The Bertz CT molecular complexity index is 701. The summed E-state index contributed by atoms with van der Waals surface area (Å²) in [6.07, 6.45) is 0. The number of halogens is 4. The van der Waals surface area contributed by atoms with Gasteiger partial charge in [-0.2, -0.15) is 14.0 Å². The highest BCUT2D eigenvalue weighted by molar-refractivity contribution is 9.10. The standard InChI is InChI=1S/C14H8BrF3N2O/c15-12-8(7-19)5-6-10(13(12)16)20-9-3-1-2-4-11(9)21-14(17)18/h1-6,14,20H. The van der Waals surface area contributed by atoms with Crippen molar-refractivity contribution < 1.29 is 17.9 Å². The van der Waals surface area contributed by atoms with Gasteiger partial charge in [0.25, 0.3) is 0 Å². The van der Waals surface area contributed by atoms with E-state index in [4.69, 9.17) is 5.26 Å². The number of hydrogen-bond acceptors (Lipinski definition) is 3. The molecule has 0 spiro atoms. The lowest BCUT2D eigenvalue weighted by Gasteiger charge is -2.13. The lowest BCUT2D eigenvalue weighted by molar-refractivity contribution is -0.0493. The third kappa shape index (κ3) is 3.47. The molecule has 2 rings (SSSR count). The van der Waals surface area contributed by atoms with Crippen molar-refractivity contribution in [2.75, 3.05) is 5.32 Å². The van der Waals surface area contributed by atoms with Gasteiger partial charge in [0.15, 0.2) is 5.82 Å². The summed E-state index contributed by atoms with van der Waals surface area (Å²) in [6.45, 7) is -2.98. The molecule has 0 unspecified atom stereocenters. The van der Waals surface area contributed by atoms with Gasteiger partial charge < -0.3 is 10.1 Å². The van der Waals surface area contributed by atoms with Crippen LogP contribution in [0.2, 0.25) is 0 Å². The monoisotopic (exact) mass is 356 g/mol. The Hall–Kier alpha value is -2.20. The molecule has 0 amide bonds. The van der Waals surface area contributed by atoms with Gasteiger partial charge in [0, 0.05) is 0 Å². The minimum Gasteiger partial charge on any atom is -0.433 e. The molecular formula is C14H8BrF3N2O. The van der Waals surface area contributed by atoms with Gasteiger partial charge in [0.1, 0.15) is 11.8 Å². The first-order valence-corrected chi connectivity index (χ1v) is 6.51. The van der Waals surface area contributed by atoms with Crippen LogP contribution < -0.4 is 10.1 Å². The number of hydrogen-bond donors (Lipinski definition) is 1. The van der Waals surface area contributed by atoms with E-state index >= 15 is 0 Å². The maximum Gasteiger partial charge on any atom is 0.387 e. The molecule has 0 heterocycles. The number of nitrogens with one attached hydrogen (secondary N) is 1. The molecule has 0 fully saturated rings. The molecule has 0 saturated heterocycles. The number of nitrogens with zero attached hydrogens (tertiary/aromatic N) is 1. The Kier molecular flexibility index (Phi) is 4.70. The second-order valence-corrected chi connectivity index (χ2v) is 4.69. The molecule has 0 aromatic heterocycles. The van der Waals surface area contributed by atoms with Crippen molar-refractivity contribution >= 4 is 27.3 Å². The molecule has 0 atom stereocenters. The molecule has 0 bridgehead atoms. The number of benzene rings is 2. The van der Waals surface area contributed by atoms with E-state index in [2.05, 4.69) is 26.0 Å². The smallest absolute Gasteiger partial charge is 0.387 e. The molecule has 3 nitrogen and oxygen atoms in total. The molecule has 1 N–H and O–H groups in total. The molecule has 7 heteroatoms. The summed E-state index contributed by atoms with van der Waals surface area (Å²) in [5, 5.41) is 11.5. The third-order valence-electron chi connectivity index (χ3n) is 2.58. The SMILES string of the molecule is N#Cc1ccc(Nc2ccccc2OC(F)F)c(F)c1Br. The number of rotatable bonds is 4. The first-order chi connectivity index (χ1) is 10.0. The Morgan fingerprint density at radius 2 is 1.86 bits per heavy atom. The van der Waals surface area contributed by atoms with Crippen LogP contribution in [0.25, 0.3) is 0 Å². The first kappa shape index (κ1) is 15.2. The highest BCUT2D eigenvalue weighted by Gasteiger charge is 2.14. The summed E-state index contributed by atoms with van der Waals surface area (Å²) < 4.78 is 43.1. The molecule has 0 aliphatic rings. The van der Waals surface area contributed by atoms with E-state index in [0.29, 0.717) is 0 Å². The van der Waals surface area contributed by atoms with Crippen molar-refractivity contribution in [1.82, 2.24) is 0 Å². The summed E-state index contributed by atoms with van der Waals surface area (Å²) in [5.41, 5.74) is 0.356. The van der Waals surface area contributed by atoms with Crippen molar-refractivity contribution in [1.29, 1.82) is 5.26 Å². The van der Waals surface area contributed by atoms with Gasteiger partial charge in [-0.3, -0.25) is 0 Å². The van der Waals surface area contributed by atoms with Crippen LogP contribution in [-0.4, -0.2) is 6.61 Å². The minimum absolute atomic E-state index is 0.00209. The summed E-state index contributed by atoms with van der Waals surface area (Å²) in [6, 6.07) is 10.5. The second kappa shape index (κ2) is 6.50. The van der Waals surface area contributed by atoms with Gasteiger partial charge in [0.2, 0.25) is 0 Å². The van der Waals surface area contributed by atoms with Crippen molar-refractivity contribution in [3.63, 3.8) is 0 Å². The maximum atomic E-state index is 14.1. The Morgan fingerprint density at radius 3 is 2.52 bits per heavy atom. The Labute approximate surface area is 127 Å². The number of para-hydroxylation sites is 2. The van der Waals surface area contributed by atoms with Gasteiger partial charge in [0.05, 0.1) is 21.4 Å². The zero-order valence-electron chi connectivity index (χ0n) is 10.4. The van der Waals surface area contributed by atoms with Crippen LogP contribution in [0.3, 0.4) is 0 Å². The molecule has 0 aliphatic heterocycles. The van der Waals surface area contributed by atoms with Crippen molar-refractivity contribution in [2.45, 2.75) is 6.61 Å². The Balaban J connectivity index is 2.35. The predicted molar refractivity (Wildman–Crippen MR) is 75.2 cm³/mol. The van der Waals surface area contributed by atoms with E-state index in [0.717, 1.165) is 0 Å². The number of ether oxygens (including phenoxy) is 1. The first-order valence-electron chi connectivity index (χ1n) is 5.72. The predicted octanol–water partition coefficient (Wildman–Crippen LogP) is 4.80. The molecule has 0 saturated carbocycles. The summed E-state index contributed by atoms with van der Waals surface area (Å²) in [4.78, 5) is 0. The van der Waals surface area contributed by atoms with E-state index in [9.17, 15) is 13.2 Å². The average Bonchev–Trinajstić information content (AvgIpc) is 2.45. The average molecular weight is 357 g/mol. The fourth-order valence-electron chi connectivity index (χ4n) is 1.65. The number of nitriles is 1. The van der Waals surface area contributed by atoms with Crippen molar-refractivity contribution in [3.05, 3.63) is 52.3 Å². The molecule has 21 heavy (non-hydrogen) atoms. The molecule has 0 radical (unpaired) electrons. The summed E-state index contributed by atoms with van der Waals surface area (Å²) in [5.74, 6) is -0.798. The fraction of sp³-hybridized carbons (Fsp3) is 0.0714. The van der Waals surface area contributed by atoms with Crippen LogP contribution >= 0.6 is 15.9 Å². The van der Waals surface area contributed by atoms with E-state index in [1.54, 1.807) is 6.07 Å². The second-order valence-electron chi connectivity index (χ2n) is 3.90. The van der Waals surface area contributed by atoms with E-state index < -0.39 is 12.4 Å². The highest BCUT2D eigenvalue weighted by Crippen LogP contribution is 2.32. The van der Waals surface area contributed by atoms with Crippen LogP contribution in [-0.2, 0) is 0 Å². The van der Waals surface area contributed by atoms with E-state index in [1.165, 1.54) is 30.3 Å². The molecular weight excluding hydrogens is 349 g/mol. The Morgan fingerprint density at radius 1 is 1.14 bits per heavy atom. The van der Waals surface area contributed by atoms with Crippen LogP contribution in [0, 0.1) is 17.1 Å². The number of anilines is 2. The molecule has 108 valence electrons. The van der Waals surface area contributed by atoms with Crippen LogP contribution in [0.1, 0.15) is 5.56 Å². The number of alkyl halides is 2. The lowest BCUT2D eigenvalue weighted by atomic mass is 10.2. The zero-order valence-corrected chi connectivity index (χ0v) is 12.0. The van der Waals surface area contributed by atoms with E-state index in [-0.39, 0.29) is 27.2 Å². The minimum atomic E-state index is -2.98. The molecule has 2 aromatic rings. The van der Waals surface area contributed by atoms with Gasteiger partial charge in [-0.25, -0.2) is 4.39 Å².